The van der Waals surface area contributed by atoms with Crippen molar-refractivity contribution in [2.45, 2.75) is 26.0 Å². The molecule has 10 heteroatoms. The van der Waals surface area contributed by atoms with Crippen LogP contribution in [0.15, 0.2) is 60.8 Å². The van der Waals surface area contributed by atoms with Gasteiger partial charge >= 0.3 is 6.03 Å². The molecule has 3 amide bonds. The van der Waals surface area contributed by atoms with E-state index in [0.717, 1.165) is 0 Å². The van der Waals surface area contributed by atoms with Crippen molar-refractivity contribution >= 4 is 17.6 Å². The highest BCUT2D eigenvalue weighted by molar-refractivity contribution is 5.97. The van der Waals surface area contributed by atoms with Gasteiger partial charge in [0.15, 0.2) is 0 Å². The molecule has 1 aliphatic rings. The van der Waals surface area contributed by atoms with Crippen molar-refractivity contribution < 1.29 is 28.6 Å². The van der Waals surface area contributed by atoms with Gasteiger partial charge in [0.05, 0.1) is 26.3 Å². The highest BCUT2D eigenvalue weighted by Gasteiger charge is 2.34. The minimum atomic E-state index is -0.509. The number of carbonyl (C=O) groups is 2. The number of aliphatic hydroxyl groups is 1. The van der Waals surface area contributed by atoms with Gasteiger partial charge in [-0.3, -0.25) is 4.79 Å². The van der Waals surface area contributed by atoms with Crippen LogP contribution < -0.4 is 14.8 Å². The number of nitrogens with zero attached hydrogens (tertiary/aromatic N) is 3. The molecule has 0 saturated heterocycles. The normalized spacial score (nSPS) is 17.1. The van der Waals surface area contributed by atoms with E-state index < -0.39 is 12.1 Å². The topological polar surface area (TPSA) is 104 Å². The van der Waals surface area contributed by atoms with Crippen molar-refractivity contribution in [1.82, 2.24) is 14.8 Å². The molecular formula is C31H33FN4O5. The van der Waals surface area contributed by atoms with Crippen molar-refractivity contribution in [2.24, 2.45) is 5.92 Å². The van der Waals surface area contributed by atoms with Gasteiger partial charge in [0, 0.05) is 42.5 Å². The summed E-state index contributed by atoms with van der Waals surface area (Å²) >= 11 is 0. The van der Waals surface area contributed by atoms with E-state index in [4.69, 9.17) is 9.47 Å². The van der Waals surface area contributed by atoms with E-state index >= 15 is 0 Å². The first-order valence-electron chi connectivity index (χ1n) is 13.2. The maximum absolute atomic E-state index is 13.6. The van der Waals surface area contributed by atoms with Crippen molar-refractivity contribution in [3.05, 3.63) is 83.3 Å². The van der Waals surface area contributed by atoms with Gasteiger partial charge in [-0.25, -0.2) is 14.2 Å². The Kier molecular flexibility index (Phi) is 9.42. The van der Waals surface area contributed by atoms with Crippen LogP contribution in [0.25, 0.3) is 0 Å². The second-order valence-corrected chi connectivity index (χ2v) is 10.00. The number of carbonyl (C=O) groups excluding carboxylic acids is 2. The lowest BCUT2D eigenvalue weighted by Gasteiger charge is -2.37. The van der Waals surface area contributed by atoms with E-state index in [2.05, 4.69) is 22.1 Å². The average Bonchev–Trinajstić information content (AvgIpc) is 2.98. The number of aromatic nitrogens is 1. The molecular weight excluding hydrogens is 527 g/mol. The number of halogens is 1. The summed E-state index contributed by atoms with van der Waals surface area (Å²) in [6, 6.07) is 13.6. The molecule has 1 aromatic heterocycles. The first kappa shape index (κ1) is 29.4. The van der Waals surface area contributed by atoms with E-state index in [-0.39, 0.29) is 48.3 Å². The number of pyridine rings is 1. The van der Waals surface area contributed by atoms with Gasteiger partial charge < -0.3 is 29.7 Å². The van der Waals surface area contributed by atoms with E-state index in [0.29, 0.717) is 29.1 Å². The molecule has 0 radical (unpaired) electrons. The number of methoxy groups -OCH3 is 1. The lowest BCUT2D eigenvalue weighted by atomic mass is 10.00. The van der Waals surface area contributed by atoms with Crippen LogP contribution in [0.1, 0.15) is 35.3 Å². The number of urea groups is 1. The van der Waals surface area contributed by atoms with Gasteiger partial charge in [0.2, 0.25) is 5.88 Å². The van der Waals surface area contributed by atoms with E-state index in [1.54, 1.807) is 68.4 Å². The van der Waals surface area contributed by atoms with Crippen molar-refractivity contribution in [3.8, 4) is 23.5 Å². The van der Waals surface area contributed by atoms with Gasteiger partial charge in [0.1, 0.15) is 23.2 Å². The minimum absolute atomic E-state index is 0.123. The lowest BCUT2D eigenvalue weighted by Crippen LogP contribution is -2.50. The third-order valence-corrected chi connectivity index (χ3v) is 6.86. The fraction of sp³-hybridized carbons (Fsp3) is 0.323. The molecule has 3 aromatic rings. The predicted octanol–water partition coefficient (Wildman–Crippen LogP) is 4.01. The molecule has 0 fully saturated rings. The number of aliphatic hydroxyl groups excluding tert-OH is 1. The third kappa shape index (κ3) is 7.32. The SMILES string of the molecule is COc1ccc(NC(=O)N(C)C[C@@H]2Oc3ncc(C#Cc4ccc(F)cc4)cc3C(=O)N(C(C)CO)C[C@@H]2C)cc1. The van der Waals surface area contributed by atoms with Crippen LogP contribution in [0.3, 0.4) is 0 Å². The van der Waals surface area contributed by atoms with Crippen molar-refractivity contribution in [1.29, 1.82) is 0 Å². The number of likely N-dealkylation sites (N-methyl/N-ethyl adjacent to an activating group) is 1. The zero-order valence-corrected chi connectivity index (χ0v) is 23.4. The van der Waals surface area contributed by atoms with Gasteiger partial charge in [-0.05, 0) is 61.5 Å². The molecule has 0 saturated carbocycles. The summed E-state index contributed by atoms with van der Waals surface area (Å²) in [6.45, 7) is 3.98. The summed E-state index contributed by atoms with van der Waals surface area (Å²) in [6.07, 6.45) is 0.997. The Hall–Kier alpha value is -4.62. The third-order valence-electron chi connectivity index (χ3n) is 6.86. The highest BCUT2D eigenvalue weighted by atomic mass is 19.1. The highest BCUT2D eigenvalue weighted by Crippen LogP contribution is 2.27. The number of rotatable bonds is 6. The molecule has 3 atom stereocenters. The summed E-state index contributed by atoms with van der Waals surface area (Å²) in [5.74, 6) is 5.82. The fourth-order valence-electron chi connectivity index (χ4n) is 4.31. The molecule has 1 unspecified atom stereocenters. The Morgan fingerprint density at radius 1 is 1.22 bits per heavy atom. The van der Waals surface area contributed by atoms with Crippen molar-refractivity contribution in [3.63, 3.8) is 0 Å². The first-order chi connectivity index (χ1) is 19.7. The maximum atomic E-state index is 13.6. The number of benzene rings is 2. The second kappa shape index (κ2) is 13.2. The maximum Gasteiger partial charge on any atom is 0.321 e. The summed E-state index contributed by atoms with van der Waals surface area (Å²) in [7, 11) is 3.23. The molecule has 2 aromatic carbocycles. The predicted molar refractivity (Wildman–Crippen MR) is 152 cm³/mol. The Labute approximate surface area is 238 Å². The molecule has 0 spiro atoms. The van der Waals surface area contributed by atoms with E-state index in [9.17, 15) is 19.1 Å². The number of hydrogen-bond donors (Lipinski definition) is 2. The number of hydrogen-bond acceptors (Lipinski definition) is 6. The summed E-state index contributed by atoms with van der Waals surface area (Å²) in [5.41, 5.74) is 1.91. The lowest BCUT2D eigenvalue weighted by molar-refractivity contribution is 0.0356. The standard InChI is InChI=1S/C31H33FN4O5/c1-20-17-36(21(2)19-37)30(38)27-15-23(6-5-22-7-9-24(32)10-8-22)16-33-29(27)41-28(20)18-35(3)31(39)34-25-11-13-26(40-4)14-12-25/h7-16,20-21,28,37H,17-19H2,1-4H3,(H,34,39)/t20-,21?,28-/m0/s1. The van der Waals surface area contributed by atoms with E-state index in [1.165, 1.54) is 23.2 Å². The van der Waals surface area contributed by atoms with Crippen molar-refractivity contribution in [2.75, 3.05) is 39.2 Å². The molecule has 4 rings (SSSR count). The monoisotopic (exact) mass is 560 g/mol. The largest absolute Gasteiger partial charge is 0.497 e. The van der Waals surface area contributed by atoms with Crippen LogP contribution in [0.4, 0.5) is 14.9 Å². The number of nitrogens with one attached hydrogen (secondary N) is 1. The zero-order chi connectivity index (χ0) is 29.5. The molecule has 2 heterocycles. The molecule has 1 aliphatic heterocycles. The minimum Gasteiger partial charge on any atom is -0.497 e. The molecule has 0 bridgehead atoms. The van der Waals surface area contributed by atoms with Crippen LogP contribution in [-0.2, 0) is 0 Å². The Bertz CT molecular complexity index is 1440. The fourth-order valence-corrected chi connectivity index (χ4v) is 4.31. The molecule has 41 heavy (non-hydrogen) atoms. The molecule has 214 valence electrons. The van der Waals surface area contributed by atoms with Crippen LogP contribution >= 0.6 is 0 Å². The number of fused-ring (bicyclic) bond motifs is 1. The number of amides is 3. The molecule has 2 N–H and O–H groups in total. The summed E-state index contributed by atoms with van der Waals surface area (Å²) in [5, 5.41) is 12.7. The van der Waals surface area contributed by atoms with Crippen LogP contribution in [0.5, 0.6) is 11.6 Å². The second-order valence-electron chi connectivity index (χ2n) is 10.00. The van der Waals surface area contributed by atoms with Gasteiger partial charge in [0.25, 0.3) is 5.91 Å². The summed E-state index contributed by atoms with van der Waals surface area (Å²) < 4.78 is 24.7. The molecule has 9 nitrogen and oxygen atoms in total. The Morgan fingerprint density at radius 3 is 2.56 bits per heavy atom. The van der Waals surface area contributed by atoms with Gasteiger partial charge in [-0.2, -0.15) is 0 Å². The number of anilines is 1. The Balaban J connectivity index is 1.58. The van der Waals surface area contributed by atoms with E-state index in [1.807, 2.05) is 6.92 Å². The average molecular weight is 561 g/mol. The van der Waals surface area contributed by atoms with Gasteiger partial charge in [-0.15, -0.1) is 0 Å². The smallest absolute Gasteiger partial charge is 0.321 e. The quantitative estimate of drug-likeness (QED) is 0.442. The van der Waals surface area contributed by atoms with Gasteiger partial charge in [-0.1, -0.05) is 18.8 Å². The zero-order valence-electron chi connectivity index (χ0n) is 23.4. The molecule has 0 aliphatic carbocycles. The van der Waals surface area contributed by atoms with Crippen LogP contribution in [0, 0.1) is 23.6 Å². The van der Waals surface area contributed by atoms with Crippen LogP contribution in [0.2, 0.25) is 0 Å². The van der Waals surface area contributed by atoms with Crippen LogP contribution in [-0.4, -0.2) is 77.8 Å². The summed E-state index contributed by atoms with van der Waals surface area (Å²) in [4.78, 5) is 34.1. The Morgan fingerprint density at radius 2 is 1.90 bits per heavy atom. The first-order valence-corrected chi connectivity index (χ1v) is 13.2. The number of ether oxygens (including phenoxy) is 2.